The Morgan fingerprint density at radius 2 is 1.92 bits per heavy atom. The second-order valence-corrected chi connectivity index (χ2v) is 7.92. The molecule has 1 N–H and O–H groups in total. The Hall–Kier alpha value is -2.44. The Balaban J connectivity index is 1.33. The van der Waals surface area contributed by atoms with Crippen molar-refractivity contribution in [2.24, 2.45) is 0 Å². The maximum Gasteiger partial charge on any atom is 0.237 e. The molecule has 2 aromatic heterocycles. The summed E-state index contributed by atoms with van der Waals surface area (Å²) in [5, 5.41) is 7.00. The average molecular weight is 366 g/mol. The molecule has 5 nitrogen and oxygen atoms in total. The first-order chi connectivity index (χ1) is 12.7. The average Bonchev–Trinajstić information content (AvgIpc) is 3.31. The van der Waals surface area contributed by atoms with Gasteiger partial charge in [-0.25, -0.2) is 0 Å². The van der Waals surface area contributed by atoms with Crippen molar-refractivity contribution in [3.63, 3.8) is 0 Å². The van der Waals surface area contributed by atoms with E-state index in [1.165, 1.54) is 20.9 Å². The largest absolute Gasteiger partial charge is 0.336 e. The summed E-state index contributed by atoms with van der Waals surface area (Å²) in [5.74, 6) is 0.210. The quantitative estimate of drug-likeness (QED) is 0.754. The summed E-state index contributed by atoms with van der Waals surface area (Å²) in [6.45, 7) is 5.79. The highest BCUT2D eigenvalue weighted by atomic mass is 32.1. The summed E-state index contributed by atoms with van der Waals surface area (Å²) in [7, 11) is 0. The van der Waals surface area contributed by atoms with Crippen LogP contribution in [0.25, 0.3) is 10.6 Å². The molecule has 1 aromatic carbocycles. The third kappa shape index (κ3) is 3.86. The standard InChI is InChI=1S/C20H22N4OS/c1-15-2-4-16(5-3-15)12-24-11-10-23(14-20(24)25)13-17-6-7-19(26-17)18-8-9-21-22-18/h2-9H,10-14H2,1H3,(H,21,22). The molecule has 1 saturated heterocycles. The number of hydrogen-bond donors (Lipinski definition) is 1. The van der Waals surface area contributed by atoms with Crippen molar-refractivity contribution in [1.82, 2.24) is 20.0 Å². The van der Waals surface area contributed by atoms with Gasteiger partial charge in [-0.3, -0.25) is 14.8 Å². The first-order valence-electron chi connectivity index (χ1n) is 8.81. The van der Waals surface area contributed by atoms with Gasteiger partial charge >= 0.3 is 0 Å². The topological polar surface area (TPSA) is 52.2 Å². The molecule has 0 unspecified atom stereocenters. The number of nitrogens with one attached hydrogen (secondary N) is 1. The minimum Gasteiger partial charge on any atom is -0.336 e. The molecule has 4 rings (SSSR count). The van der Waals surface area contributed by atoms with E-state index in [4.69, 9.17) is 0 Å². The zero-order chi connectivity index (χ0) is 17.9. The van der Waals surface area contributed by atoms with Gasteiger partial charge in [0.05, 0.1) is 17.1 Å². The monoisotopic (exact) mass is 366 g/mol. The van der Waals surface area contributed by atoms with Gasteiger partial charge in [0, 0.05) is 37.3 Å². The zero-order valence-electron chi connectivity index (χ0n) is 14.8. The third-order valence-electron chi connectivity index (χ3n) is 4.70. The molecule has 3 aromatic rings. The highest BCUT2D eigenvalue weighted by Crippen LogP contribution is 2.27. The Bertz CT molecular complexity index is 870. The highest BCUT2D eigenvalue weighted by Gasteiger charge is 2.24. The number of rotatable bonds is 5. The van der Waals surface area contributed by atoms with E-state index in [2.05, 4.69) is 58.4 Å². The van der Waals surface area contributed by atoms with Crippen molar-refractivity contribution in [1.29, 1.82) is 0 Å². The fourth-order valence-corrected chi connectivity index (χ4v) is 4.22. The maximum atomic E-state index is 12.5. The number of benzene rings is 1. The van der Waals surface area contributed by atoms with Crippen molar-refractivity contribution in [3.8, 4) is 10.6 Å². The number of aromatic amines is 1. The van der Waals surface area contributed by atoms with E-state index in [1.807, 2.05) is 11.0 Å². The summed E-state index contributed by atoms with van der Waals surface area (Å²) in [6, 6.07) is 14.7. The number of carbonyl (C=O) groups excluding carboxylic acids is 1. The van der Waals surface area contributed by atoms with Gasteiger partial charge in [0.15, 0.2) is 0 Å². The molecule has 0 atom stereocenters. The maximum absolute atomic E-state index is 12.5. The van der Waals surface area contributed by atoms with Crippen LogP contribution in [-0.2, 0) is 17.9 Å². The number of aryl methyl sites for hydroxylation is 1. The molecular formula is C20H22N4OS. The molecule has 0 radical (unpaired) electrons. The molecule has 26 heavy (non-hydrogen) atoms. The molecule has 3 heterocycles. The Morgan fingerprint density at radius 3 is 2.65 bits per heavy atom. The Labute approximate surface area is 157 Å². The number of nitrogens with zero attached hydrogens (tertiary/aromatic N) is 3. The van der Waals surface area contributed by atoms with Crippen LogP contribution >= 0.6 is 11.3 Å². The lowest BCUT2D eigenvalue weighted by Gasteiger charge is -2.34. The Morgan fingerprint density at radius 1 is 1.08 bits per heavy atom. The fraction of sp³-hybridized carbons (Fsp3) is 0.300. The number of aromatic nitrogens is 2. The molecule has 0 spiro atoms. The lowest BCUT2D eigenvalue weighted by atomic mass is 10.1. The first-order valence-corrected chi connectivity index (χ1v) is 9.63. The zero-order valence-corrected chi connectivity index (χ0v) is 15.6. The minimum atomic E-state index is 0.210. The van der Waals surface area contributed by atoms with Gasteiger partial charge in [-0.05, 0) is 30.7 Å². The van der Waals surface area contributed by atoms with E-state index in [-0.39, 0.29) is 5.91 Å². The van der Waals surface area contributed by atoms with Crippen LogP contribution in [0.4, 0.5) is 0 Å². The second-order valence-electron chi connectivity index (χ2n) is 6.75. The molecule has 1 aliphatic rings. The molecule has 0 bridgehead atoms. The number of amides is 1. The number of H-pyrrole nitrogens is 1. The van der Waals surface area contributed by atoms with Gasteiger partial charge in [-0.15, -0.1) is 11.3 Å². The van der Waals surface area contributed by atoms with Gasteiger partial charge in [-0.2, -0.15) is 5.10 Å². The van der Waals surface area contributed by atoms with E-state index in [9.17, 15) is 4.79 Å². The highest BCUT2D eigenvalue weighted by molar-refractivity contribution is 7.15. The lowest BCUT2D eigenvalue weighted by molar-refractivity contribution is -0.136. The summed E-state index contributed by atoms with van der Waals surface area (Å²) < 4.78 is 0. The molecule has 1 fully saturated rings. The molecule has 6 heteroatoms. The summed E-state index contributed by atoms with van der Waals surface area (Å²) in [6.07, 6.45) is 1.76. The molecule has 1 aliphatic heterocycles. The van der Waals surface area contributed by atoms with Gasteiger partial charge in [0.2, 0.25) is 5.91 Å². The van der Waals surface area contributed by atoms with Crippen LogP contribution in [0.5, 0.6) is 0 Å². The SMILES string of the molecule is Cc1ccc(CN2CCN(Cc3ccc(-c4ccn[nH]4)s3)CC2=O)cc1. The van der Waals surface area contributed by atoms with Crippen LogP contribution < -0.4 is 0 Å². The first kappa shape index (κ1) is 17.0. The normalized spacial score (nSPS) is 15.6. The van der Waals surface area contributed by atoms with Crippen molar-refractivity contribution in [2.45, 2.75) is 20.0 Å². The van der Waals surface area contributed by atoms with Gasteiger partial charge < -0.3 is 4.90 Å². The molecular weight excluding hydrogens is 344 g/mol. The van der Waals surface area contributed by atoms with Crippen molar-refractivity contribution < 1.29 is 4.79 Å². The number of thiophene rings is 1. The van der Waals surface area contributed by atoms with Crippen LogP contribution in [0.15, 0.2) is 48.7 Å². The summed E-state index contributed by atoms with van der Waals surface area (Å²) >= 11 is 1.75. The minimum absolute atomic E-state index is 0.210. The third-order valence-corrected chi connectivity index (χ3v) is 5.80. The number of piperazine rings is 1. The van der Waals surface area contributed by atoms with E-state index in [1.54, 1.807) is 17.5 Å². The predicted molar refractivity (Wildman–Crippen MR) is 104 cm³/mol. The molecule has 134 valence electrons. The van der Waals surface area contributed by atoms with Crippen LogP contribution in [-0.4, -0.2) is 45.5 Å². The van der Waals surface area contributed by atoms with E-state index < -0.39 is 0 Å². The van der Waals surface area contributed by atoms with Crippen molar-refractivity contribution >= 4 is 17.2 Å². The van der Waals surface area contributed by atoms with Crippen LogP contribution in [0, 0.1) is 6.92 Å². The fourth-order valence-electron chi connectivity index (χ4n) is 3.19. The second kappa shape index (κ2) is 7.43. The van der Waals surface area contributed by atoms with Crippen LogP contribution in [0.2, 0.25) is 0 Å². The van der Waals surface area contributed by atoms with Crippen molar-refractivity contribution in [3.05, 3.63) is 64.7 Å². The van der Waals surface area contributed by atoms with E-state index >= 15 is 0 Å². The van der Waals surface area contributed by atoms with Crippen LogP contribution in [0.1, 0.15) is 16.0 Å². The smallest absolute Gasteiger partial charge is 0.237 e. The van der Waals surface area contributed by atoms with Gasteiger partial charge in [0.1, 0.15) is 0 Å². The molecule has 1 amide bonds. The van der Waals surface area contributed by atoms with E-state index in [0.717, 1.165) is 25.3 Å². The summed E-state index contributed by atoms with van der Waals surface area (Å²) in [5.41, 5.74) is 3.48. The van der Waals surface area contributed by atoms with Gasteiger partial charge in [0.25, 0.3) is 0 Å². The molecule has 0 aliphatic carbocycles. The van der Waals surface area contributed by atoms with Crippen molar-refractivity contribution in [2.75, 3.05) is 19.6 Å². The molecule has 0 saturated carbocycles. The van der Waals surface area contributed by atoms with Crippen LogP contribution in [0.3, 0.4) is 0 Å². The lowest BCUT2D eigenvalue weighted by Crippen LogP contribution is -2.49. The number of hydrogen-bond acceptors (Lipinski definition) is 4. The predicted octanol–water partition coefficient (Wildman–Crippen LogP) is 3.29. The number of carbonyl (C=O) groups is 1. The summed E-state index contributed by atoms with van der Waals surface area (Å²) in [4.78, 5) is 19.2. The Kier molecular flexibility index (Phi) is 4.86. The van der Waals surface area contributed by atoms with Gasteiger partial charge in [-0.1, -0.05) is 29.8 Å². The van der Waals surface area contributed by atoms with E-state index in [0.29, 0.717) is 13.1 Å².